The molecule has 1 N–H and O–H groups in total. The first kappa shape index (κ1) is 14.0. The molecule has 0 spiro atoms. The van der Waals surface area contributed by atoms with Crippen LogP contribution in [-0.4, -0.2) is 50.8 Å². The van der Waals surface area contributed by atoms with E-state index in [2.05, 4.69) is 17.1 Å². The molecular weight excluding hydrogens is 276 g/mol. The molecule has 0 unspecified atom stereocenters. The van der Waals surface area contributed by atoms with Gasteiger partial charge in [-0.2, -0.15) is 0 Å². The molecule has 4 nitrogen and oxygen atoms in total. The highest BCUT2D eigenvalue weighted by Crippen LogP contribution is 2.41. The van der Waals surface area contributed by atoms with E-state index in [9.17, 15) is 0 Å². The number of nitrogens with one attached hydrogen (secondary N) is 1. The number of hydrogen-bond donors (Lipinski definition) is 1. The van der Waals surface area contributed by atoms with E-state index in [0.29, 0.717) is 13.2 Å². The summed E-state index contributed by atoms with van der Waals surface area (Å²) in [6.45, 7) is 8.69. The molecule has 20 heavy (non-hydrogen) atoms. The Morgan fingerprint density at radius 3 is 2.80 bits per heavy atom. The van der Waals surface area contributed by atoms with Gasteiger partial charge in [0, 0.05) is 32.7 Å². The highest BCUT2D eigenvalue weighted by atomic mass is 35.5. The number of fused-ring (bicyclic) bond motifs is 1. The van der Waals surface area contributed by atoms with E-state index in [1.807, 2.05) is 6.07 Å². The summed E-state index contributed by atoms with van der Waals surface area (Å²) < 4.78 is 11.3. The summed E-state index contributed by atoms with van der Waals surface area (Å²) in [5, 5.41) is 4.10. The molecule has 0 radical (unpaired) electrons. The Labute approximate surface area is 125 Å². The van der Waals surface area contributed by atoms with Gasteiger partial charge in [0.25, 0.3) is 0 Å². The molecule has 1 fully saturated rings. The summed E-state index contributed by atoms with van der Waals surface area (Å²) in [5.41, 5.74) is 2.38. The normalized spacial score (nSPS) is 19.1. The van der Waals surface area contributed by atoms with Crippen LogP contribution in [0.3, 0.4) is 0 Å². The molecular formula is C15H21ClN2O2. The minimum absolute atomic E-state index is 0.576. The van der Waals surface area contributed by atoms with Crippen LogP contribution in [0.25, 0.3) is 0 Å². The number of hydrogen-bond acceptors (Lipinski definition) is 4. The third-order valence-electron chi connectivity index (χ3n) is 3.99. The molecule has 2 heterocycles. The minimum atomic E-state index is 0.576. The zero-order chi connectivity index (χ0) is 13.9. The van der Waals surface area contributed by atoms with Crippen LogP contribution in [0.5, 0.6) is 11.5 Å². The highest BCUT2D eigenvalue weighted by Gasteiger charge is 2.21. The molecule has 3 rings (SSSR count). The van der Waals surface area contributed by atoms with Crippen LogP contribution < -0.4 is 14.8 Å². The van der Waals surface area contributed by atoms with Crippen LogP contribution in [0.2, 0.25) is 5.02 Å². The zero-order valence-corrected chi connectivity index (χ0v) is 12.6. The summed E-state index contributed by atoms with van der Waals surface area (Å²) >= 11 is 6.51. The first-order valence-electron chi connectivity index (χ1n) is 7.26. The number of benzene rings is 1. The maximum Gasteiger partial charge on any atom is 0.180 e. The first-order chi connectivity index (χ1) is 9.75. The Hall–Kier alpha value is -0.970. The van der Waals surface area contributed by atoms with Crippen LogP contribution in [0.1, 0.15) is 11.1 Å². The number of piperazine rings is 1. The van der Waals surface area contributed by atoms with Crippen molar-refractivity contribution >= 4 is 11.6 Å². The van der Waals surface area contributed by atoms with E-state index in [-0.39, 0.29) is 0 Å². The van der Waals surface area contributed by atoms with Crippen molar-refractivity contribution in [1.29, 1.82) is 0 Å². The summed E-state index contributed by atoms with van der Waals surface area (Å²) in [6, 6.07) is 2.05. The summed E-state index contributed by atoms with van der Waals surface area (Å²) in [4.78, 5) is 2.48. The Morgan fingerprint density at radius 2 is 2.00 bits per heavy atom. The van der Waals surface area contributed by atoms with E-state index < -0.39 is 0 Å². The van der Waals surface area contributed by atoms with Crippen molar-refractivity contribution in [3.63, 3.8) is 0 Å². The second-order valence-corrected chi connectivity index (χ2v) is 5.73. The van der Waals surface area contributed by atoms with Crippen molar-refractivity contribution in [3.8, 4) is 11.5 Å². The number of rotatable bonds is 3. The highest BCUT2D eigenvalue weighted by molar-refractivity contribution is 6.33. The fourth-order valence-electron chi connectivity index (χ4n) is 2.82. The number of ether oxygens (including phenoxy) is 2. The molecule has 1 aromatic rings. The molecule has 0 amide bonds. The van der Waals surface area contributed by atoms with Crippen molar-refractivity contribution in [2.75, 3.05) is 45.9 Å². The molecule has 110 valence electrons. The summed E-state index contributed by atoms with van der Waals surface area (Å²) in [5.74, 6) is 1.50. The average molecular weight is 297 g/mol. The standard InChI is InChI=1S/C15H21ClN2O2/c1-11-10-13-15(20-9-8-19-13)14(16)12(11)2-5-18-6-3-17-4-7-18/h10,17H,2-9H2,1H3. The van der Waals surface area contributed by atoms with Crippen molar-refractivity contribution in [2.24, 2.45) is 0 Å². The fourth-order valence-corrected chi connectivity index (χ4v) is 3.21. The van der Waals surface area contributed by atoms with Gasteiger partial charge in [0.1, 0.15) is 13.2 Å². The topological polar surface area (TPSA) is 33.7 Å². The lowest BCUT2D eigenvalue weighted by molar-refractivity contribution is 0.171. The van der Waals surface area contributed by atoms with E-state index in [0.717, 1.165) is 55.7 Å². The molecule has 0 bridgehead atoms. The SMILES string of the molecule is Cc1cc2c(c(Cl)c1CCN1CCNCC1)OCCO2. The molecule has 0 atom stereocenters. The molecule has 0 aromatic heterocycles. The van der Waals surface area contributed by atoms with Gasteiger partial charge in [-0.15, -0.1) is 0 Å². The number of aryl methyl sites for hydroxylation is 1. The van der Waals surface area contributed by atoms with E-state index in [4.69, 9.17) is 21.1 Å². The Bertz CT molecular complexity index is 487. The van der Waals surface area contributed by atoms with Crippen LogP contribution >= 0.6 is 11.6 Å². The van der Waals surface area contributed by atoms with Gasteiger partial charge in [-0.1, -0.05) is 11.6 Å². The molecule has 0 saturated carbocycles. The van der Waals surface area contributed by atoms with Gasteiger partial charge >= 0.3 is 0 Å². The molecule has 2 aliphatic heterocycles. The Balaban J connectivity index is 1.75. The third-order valence-corrected chi connectivity index (χ3v) is 4.39. The van der Waals surface area contributed by atoms with Gasteiger partial charge in [-0.25, -0.2) is 0 Å². The van der Waals surface area contributed by atoms with Crippen LogP contribution in [0, 0.1) is 6.92 Å². The Kier molecular flexibility index (Phi) is 4.34. The Morgan fingerprint density at radius 1 is 1.25 bits per heavy atom. The number of nitrogens with zero attached hydrogens (tertiary/aromatic N) is 1. The summed E-state index contributed by atoms with van der Waals surface area (Å²) in [6.07, 6.45) is 0.960. The monoisotopic (exact) mass is 296 g/mol. The molecule has 0 aliphatic carbocycles. The molecule has 5 heteroatoms. The van der Waals surface area contributed by atoms with Gasteiger partial charge in [0.2, 0.25) is 0 Å². The molecule has 1 saturated heterocycles. The zero-order valence-electron chi connectivity index (χ0n) is 11.9. The maximum absolute atomic E-state index is 6.51. The second kappa shape index (κ2) is 6.20. The van der Waals surface area contributed by atoms with E-state index >= 15 is 0 Å². The van der Waals surface area contributed by atoms with Gasteiger partial charge in [-0.05, 0) is 30.5 Å². The van der Waals surface area contributed by atoms with Crippen LogP contribution in [0.15, 0.2) is 6.07 Å². The van der Waals surface area contributed by atoms with Crippen LogP contribution in [-0.2, 0) is 6.42 Å². The predicted molar refractivity (Wildman–Crippen MR) is 80.2 cm³/mol. The smallest absolute Gasteiger partial charge is 0.180 e. The lowest BCUT2D eigenvalue weighted by atomic mass is 10.0. The van der Waals surface area contributed by atoms with E-state index in [1.165, 1.54) is 11.1 Å². The predicted octanol–water partition coefficient (Wildman–Crippen LogP) is 1.87. The van der Waals surface area contributed by atoms with Crippen molar-refractivity contribution in [1.82, 2.24) is 10.2 Å². The second-order valence-electron chi connectivity index (χ2n) is 5.35. The van der Waals surface area contributed by atoms with Crippen molar-refractivity contribution in [2.45, 2.75) is 13.3 Å². The van der Waals surface area contributed by atoms with Gasteiger partial charge in [0.15, 0.2) is 11.5 Å². The van der Waals surface area contributed by atoms with Crippen molar-refractivity contribution < 1.29 is 9.47 Å². The van der Waals surface area contributed by atoms with Gasteiger partial charge in [-0.3, -0.25) is 0 Å². The molecule has 2 aliphatic rings. The lowest BCUT2D eigenvalue weighted by Gasteiger charge is -2.28. The van der Waals surface area contributed by atoms with Gasteiger partial charge in [0.05, 0.1) is 5.02 Å². The molecule has 1 aromatic carbocycles. The fraction of sp³-hybridized carbons (Fsp3) is 0.600. The average Bonchev–Trinajstić information content (AvgIpc) is 2.48. The minimum Gasteiger partial charge on any atom is -0.486 e. The lowest BCUT2D eigenvalue weighted by Crippen LogP contribution is -2.44. The largest absolute Gasteiger partial charge is 0.486 e. The summed E-state index contributed by atoms with van der Waals surface area (Å²) in [7, 11) is 0. The maximum atomic E-state index is 6.51. The quantitative estimate of drug-likeness (QED) is 0.923. The van der Waals surface area contributed by atoms with Crippen molar-refractivity contribution in [3.05, 3.63) is 22.2 Å². The van der Waals surface area contributed by atoms with E-state index in [1.54, 1.807) is 0 Å². The third kappa shape index (κ3) is 2.87. The van der Waals surface area contributed by atoms with Crippen LogP contribution in [0.4, 0.5) is 0 Å². The first-order valence-corrected chi connectivity index (χ1v) is 7.64. The van der Waals surface area contributed by atoms with Gasteiger partial charge < -0.3 is 19.7 Å². The number of halogens is 1.